The van der Waals surface area contributed by atoms with Gasteiger partial charge in [0.05, 0.1) is 6.33 Å². The number of aromatic nitrogens is 2. The maximum Gasteiger partial charge on any atom is 0.673 e. The average Bonchev–Trinajstić information content (AvgIpc) is 3.18. The zero-order valence-electron chi connectivity index (χ0n) is 18.6. The van der Waals surface area contributed by atoms with Crippen molar-refractivity contribution in [2.75, 3.05) is 0 Å². The molecule has 1 unspecified atom stereocenters. The monoisotopic (exact) mass is 421 g/mol. The molecule has 0 saturated carbocycles. The summed E-state index contributed by atoms with van der Waals surface area (Å²) >= 11 is 0. The molecule has 1 heterocycles. The van der Waals surface area contributed by atoms with Gasteiger partial charge in [-0.15, -0.1) is 0 Å². The molecule has 1 rings (SSSR count). The number of hydrogen-bond donors (Lipinski definition) is 0. The van der Waals surface area contributed by atoms with E-state index < -0.39 is 7.25 Å². The first-order valence-electron chi connectivity index (χ1n) is 11.7. The quantitative estimate of drug-likeness (QED) is 0.139. The van der Waals surface area contributed by atoms with Gasteiger partial charge in [-0.05, 0) is 13.3 Å². The molecule has 0 aromatic carbocycles. The van der Waals surface area contributed by atoms with Gasteiger partial charge in [0.2, 0.25) is 0 Å². The highest BCUT2D eigenvalue weighted by Gasteiger charge is 2.20. The minimum Gasteiger partial charge on any atom is -0.418 e. The summed E-state index contributed by atoms with van der Waals surface area (Å²) in [5, 5.41) is 0. The molecule has 0 aliphatic rings. The summed E-state index contributed by atoms with van der Waals surface area (Å²) in [5.74, 6) is 0. The van der Waals surface area contributed by atoms with Gasteiger partial charge in [0.25, 0.3) is 0 Å². The molecular weight excluding hydrogens is 379 g/mol. The van der Waals surface area contributed by atoms with Gasteiger partial charge in [0, 0.05) is 18.4 Å². The second-order valence-electron chi connectivity index (χ2n) is 8.09. The van der Waals surface area contributed by atoms with Gasteiger partial charge in [0.15, 0.2) is 0 Å². The Morgan fingerprint density at radius 2 is 1.10 bits per heavy atom. The Bertz CT molecular complexity index is 433. The number of hydrogen-bond acceptors (Lipinski definition) is 1. The van der Waals surface area contributed by atoms with Crippen LogP contribution in [0.25, 0.3) is 0 Å². The molecule has 0 saturated heterocycles. The number of unbranched alkanes of at least 4 members (excludes halogenated alkanes) is 14. The van der Waals surface area contributed by atoms with Crippen molar-refractivity contribution in [2.45, 2.75) is 123 Å². The predicted octanol–water partition coefficient (Wildman–Crippen LogP) is 9.01. The van der Waals surface area contributed by atoms with Gasteiger partial charge in [-0.1, -0.05) is 103 Å². The highest BCUT2D eigenvalue weighted by molar-refractivity contribution is 6.50. The third-order valence-electron chi connectivity index (χ3n) is 5.26. The van der Waals surface area contributed by atoms with Crippen LogP contribution in [0, 0.1) is 0 Å². The van der Waals surface area contributed by atoms with Crippen molar-refractivity contribution >= 4 is 7.25 Å². The Balaban J connectivity index is 0.00000139. The van der Waals surface area contributed by atoms with Crippen LogP contribution < -0.4 is 0 Å². The third-order valence-corrected chi connectivity index (χ3v) is 5.26. The molecule has 2 nitrogen and oxygen atoms in total. The summed E-state index contributed by atoms with van der Waals surface area (Å²) in [6.45, 7) is 4.59. The van der Waals surface area contributed by atoms with Crippen LogP contribution in [0.5, 0.6) is 0 Å². The Hall–Kier alpha value is -1.01. The molecule has 172 valence electrons. The average molecular weight is 421 g/mol. The van der Waals surface area contributed by atoms with Crippen LogP contribution >= 0.6 is 0 Å². The lowest BCUT2D eigenvalue weighted by molar-refractivity contribution is 0.368. The first kappa shape index (κ1) is 28.0. The molecule has 7 heteroatoms. The highest BCUT2D eigenvalue weighted by atomic mass is 19.5. The van der Waals surface area contributed by atoms with Gasteiger partial charge >= 0.3 is 7.25 Å². The van der Waals surface area contributed by atoms with Crippen molar-refractivity contribution in [1.82, 2.24) is 9.55 Å². The Morgan fingerprint density at radius 1 is 0.724 bits per heavy atom. The van der Waals surface area contributed by atoms with E-state index in [1.165, 1.54) is 103 Å². The summed E-state index contributed by atoms with van der Waals surface area (Å²) in [7, 11) is -6.00. The second kappa shape index (κ2) is 19.0. The third kappa shape index (κ3) is 23.1. The summed E-state index contributed by atoms with van der Waals surface area (Å²) in [6.07, 6.45) is 28.8. The first-order chi connectivity index (χ1) is 13.8. The first-order valence-corrected chi connectivity index (χ1v) is 11.7. The molecule has 0 bridgehead atoms. The SMILES string of the molecule is CCCCCCCCCCCCCCCCCC(C)n1ccnc1.F[B-](F)(F)F. The molecule has 0 amide bonds. The van der Waals surface area contributed by atoms with Crippen LogP contribution in [0.4, 0.5) is 17.3 Å². The predicted molar refractivity (Wildman–Crippen MR) is 117 cm³/mol. The van der Waals surface area contributed by atoms with Crippen LogP contribution in [0.2, 0.25) is 0 Å². The zero-order chi connectivity index (χ0) is 21.8. The van der Waals surface area contributed by atoms with Crippen LogP contribution in [0.15, 0.2) is 18.7 Å². The summed E-state index contributed by atoms with van der Waals surface area (Å²) in [6, 6.07) is 0.606. The highest BCUT2D eigenvalue weighted by Crippen LogP contribution is 2.17. The molecular formula is C22H42BF4N2-. The van der Waals surface area contributed by atoms with Crippen LogP contribution in [0.1, 0.15) is 123 Å². The maximum atomic E-state index is 9.75. The lowest BCUT2D eigenvalue weighted by atomic mass is 10.0. The van der Waals surface area contributed by atoms with E-state index in [2.05, 4.69) is 29.6 Å². The fourth-order valence-electron chi connectivity index (χ4n) is 3.49. The van der Waals surface area contributed by atoms with Crippen LogP contribution in [-0.2, 0) is 0 Å². The number of imidazole rings is 1. The van der Waals surface area contributed by atoms with Gasteiger partial charge in [-0.2, -0.15) is 0 Å². The van der Waals surface area contributed by atoms with E-state index in [0.717, 1.165) is 0 Å². The number of halogens is 4. The molecule has 29 heavy (non-hydrogen) atoms. The molecule has 1 aromatic rings. The van der Waals surface area contributed by atoms with Gasteiger partial charge in [-0.25, -0.2) is 4.98 Å². The molecule has 1 atom stereocenters. The van der Waals surface area contributed by atoms with Crippen molar-refractivity contribution < 1.29 is 17.3 Å². The van der Waals surface area contributed by atoms with Crippen molar-refractivity contribution in [3.63, 3.8) is 0 Å². The van der Waals surface area contributed by atoms with Crippen molar-refractivity contribution in [2.24, 2.45) is 0 Å². The molecule has 0 fully saturated rings. The van der Waals surface area contributed by atoms with Crippen LogP contribution in [0.3, 0.4) is 0 Å². The molecule has 0 N–H and O–H groups in total. The van der Waals surface area contributed by atoms with Gasteiger partial charge in [0.1, 0.15) is 0 Å². The fourth-order valence-corrected chi connectivity index (χ4v) is 3.49. The van der Waals surface area contributed by atoms with E-state index >= 15 is 0 Å². The normalized spacial score (nSPS) is 12.5. The number of rotatable bonds is 17. The van der Waals surface area contributed by atoms with Crippen molar-refractivity contribution in [1.29, 1.82) is 0 Å². The summed E-state index contributed by atoms with van der Waals surface area (Å²) < 4.78 is 41.2. The fraction of sp³-hybridized carbons (Fsp3) is 0.864. The van der Waals surface area contributed by atoms with Gasteiger partial charge < -0.3 is 21.8 Å². The minimum atomic E-state index is -6.00. The minimum absolute atomic E-state index is 0.606. The van der Waals surface area contributed by atoms with E-state index in [9.17, 15) is 17.3 Å². The van der Waals surface area contributed by atoms with E-state index in [1.54, 1.807) is 0 Å². The lowest BCUT2D eigenvalue weighted by Crippen LogP contribution is -2.02. The van der Waals surface area contributed by atoms with E-state index in [4.69, 9.17) is 0 Å². The second-order valence-corrected chi connectivity index (χ2v) is 8.09. The van der Waals surface area contributed by atoms with Crippen molar-refractivity contribution in [3.8, 4) is 0 Å². The zero-order valence-corrected chi connectivity index (χ0v) is 18.6. The van der Waals surface area contributed by atoms with Crippen LogP contribution in [-0.4, -0.2) is 16.8 Å². The van der Waals surface area contributed by atoms with E-state index in [0.29, 0.717) is 6.04 Å². The van der Waals surface area contributed by atoms with Gasteiger partial charge in [-0.3, -0.25) is 0 Å². The Morgan fingerprint density at radius 3 is 1.45 bits per heavy atom. The number of nitrogens with zero attached hydrogens (tertiary/aromatic N) is 2. The Kier molecular flexibility index (Phi) is 18.3. The lowest BCUT2D eigenvalue weighted by Gasteiger charge is -2.12. The molecule has 0 aliphatic heterocycles. The summed E-state index contributed by atoms with van der Waals surface area (Å²) in [5.41, 5.74) is 0. The maximum absolute atomic E-state index is 9.75. The largest absolute Gasteiger partial charge is 0.673 e. The van der Waals surface area contributed by atoms with Crippen molar-refractivity contribution in [3.05, 3.63) is 18.7 Å². The topological polar surface area (TPSA) is 17.8 Å². The van der Waals surface area contributed by atoms with E-state index in [-0.39, 0.29) is 0 Å². The standard InChI is InChI=1S/C22H42N2.BF4/c1-3-4-5-6-7-8-9-10-11-12-13-14-15-16-17-18-22(2)24-20-19-23-21-24;2-1(3,4)5/h19-22H,3-18H2,1-2H3;/q;-1. The van der Waals surface area contributed by atoms with E-state index in [1.807, 2.05) is 12.5 Å². The molecule has 1 aromatic heterocycles. The molecule has 0 spiro atoms. The Labute approximate surface area is 176 Å². The molecule has 0 aliphatic carbocycles. The summed E-state index contributed by atoms with van der Waals surface area (Å²) in [4.78, 5) is 4.13. The molecule has 0 radical (unpaired) electrons. The smallest absolute Gasteiger partial charge is 0.418 e.